The topological polar surface area (TPSA) is 0 Å². The van der Waals surface area contributed by atoms with Crippen LogP contribution >= 0.6 is 0 Å². The number of halogens is 3. The Morgan fingerprint density at radius 3 is 1.94 bits per heavy atom. The number of rotatable bonds is 3. The molecule has 0 heterocycles. The SMILES string of the molecule is [CH2-]CCCc1ccc(C(F)(F)F)cc1.[CH3-].[U+2]. The molecule has 1 aromatic rings. The van der Waals surface area contributed by atoms with Gasteiger partial charge in [0.25, 0.3) is 0 Å². The van der Waals surface area contributed by atoms with Crippen molar-refractivity contribution in [2.75, 3.05) is 0 Å². The number of hydrogen-bond donors (Lipinski definition) is 0. The van der Waals surface area contributed by atoms with Crippen LogP contribution in [-0.4, -0.2) is 0 Å². The molecule has 0 saturated carbocycles. The number of benzene rings is 1. The van der Waals surface area contributed by atoms with E-state index in [0.29, 0.717) is 0 Å². The molecule has 4 heteroatoms. The molecule has 0 aliphatic rings. The largest absolute Gasteiger partial charge is 2.00 e. The molecule has 0 nitrogen and oxygen atoms in total. The quantitative estimate of drug-likeness (QED) is 0.598. The minimum Gasteiger partial charge on any atom is -0.358 e. The van der Waals surface area contributed by atoms with Gasteiger partial charge in [-0.05, 0) is 24.1 Å². The van der Waals surface area contributed by atoms with Crippen LogP contribution in [0.3, 0.4) is 0 Å². The summed E-state index contributed by atoms with van der Waals surface area (Å²) < 4.78 is 36.5. The molecule has 0 unspecified atom stereocenters. The summed E-state index contributed by atoms with van der Waals surface area (Å²) in [5.41, 5.74) is 0.345. The predicted molar refractivity (Wildman–Crippen MR) is 56.2 cm³/mol. The minimum absolute atomic E-state index is 0. The first kappa shape index (κ1) is 18.4. The molecule has 1 rings (SSSR count). The van der Waals surface area contributed by atoms with Gasteiger partial charge in [-0.25, -0.2) is 0 Å². The fraction of sp³-hybridized carbons (Fsp3) is 0.333. The van der Waals surface area contributed by atoms with Crippen LogP contribution in [-0.2, 0) is 12.6 Å². The van der Waals surface area contributed by atoms with Gasteiger partial charge in [-0.2, -0.15) is 19.6 Å². The van der Waals surface area contributed by atoms with E-state index in [2.05, 4.69) is 6.92 Å². The molecule has 0 aliphatic carbocycles. The van der Waals surface area contributed by atoms with Crippen molar-refractivity contribution in [2.45, 2.75) is 25.4 Å². The Balaban J connectivity index is 0. The van der Waals surface area contributed by atoms with E-state index in [1.165, 1.54) is 12.1 Å². The van der Waals surface area contributed by atoms with Crippen molar-refractivity contribution < 1.29 is 44.3 Å². The van der Waals surface area contributed by atoms with Crippen molar-refractivity contribution in [1.29, 1.82) is 0 Å². The van der Waals surface area contributed by atoms with Gasteiger partial charge in [0.1, 0.15) is 0 Å². The summed E-state index contributed by atoms with van der Waals surface area (Å²) in [7, 11) is 0. The fourth-order valence-electron chi connectivity index (χ4n) is 1.19. The minimum atomic E-state index is -4.23. The molecule has 0 spiro atoms. The van der Waals surface area contributed by atoms with Crippen LogP contribution in [0.15, 0.2) is 24.3 Å². The van der Waals surface area contributed by atoms with Crippen LogP contribution in [0.2, 0.25) is 0 Å². The molecule has 0 fully saturated rings. The standard InChI is InChI=1S/C11H12F3.CH3.U/c1-2-3-4-9-5-7-10(8-6-9)11(12,13)14;;/h5-8H,1-4H2;1H3;/q2*-1;+2. The van der Waals surface area contributed by atoms with Crippen LogP contribution in [0.25, 0.3) is 0 Å². The number of hydrogen-bond acceptors (Lipinski definition) is 0. The zero-order valence-electron chi connectivity index (χ0n) is 9.27. The second kappa shape index (κ2) is 8.20. The smallest absolute Gasteiger partial charge is 0.358 e. The summed E-state index contributed by atoms with van der Waals surface area (Å²) in [5.74, 6) is 0. The molecule has 0 radical (unpaired) electrons. The van der Waals surface area contributed by atoms with Gasteiger partial charge >= 0.3 is 37.3 Å². The van der Waals surface area contributed by atoms with E-state index < -0.39 is 11.7 Å². The fourth-order valence-corrected chi connectivity index (χ4v) is 1.19. The molecule has 88 valence electrons. The molecule has 0 aromatic heterocycles. The van der Waals surface area contributed by atoms with Gasteiger partial charge in [0.05, 0.1) is 5.56 Å². The van der Waals surface area contributed by atoms with Crippen molar-refractivity contribution in [3.05, 3.63) is 49.7 Å². The third-order valence-electron chi connectivity index (χ3n) is 2.00. The summed E-state index contributed by atoms with van der Waals surface area (Å²) in [6.45, 7) is 3.68. The van der Waals surface area contributed by atoms with Crippen LogP contribution in [0.4, 0.5) is 13.2 Å². The molecular weight excluding hydrogens is 439 g/mol. The Hall–Kier alpha value is 0.0619. The maximum absolute atomic E-state index is 12.2. The van der Waals surface area contributed by atoms with Gasteiger partial charge in [-0.1, -0.05) is 18.6 Å². The first-order chi connectivity index (χ1) is 6.54. The van der Waals surface area contributed by atoms with Crippen LogP contribution in [0.1, 0.15) is 24.0 Å². The Kier molecular flexibility index (Phi) is 9.44. The molecule has 0 saturated heterocycles. The molecule has 16 heavy (non-hydrogen) atoms. The van der Waals surface area contributed by atoms with E-state index in [4.69, 9.17) is 0 Å². The molecule has 0 bridgehead atoms. The zero-order valence-corrected chi connectivity index (χ0v) is 13.4. The molecular formula is C12H15F3U. The maximum atomic E-state index is 12.2. The average molecular weight is 454 g/mol. The van der Waals surface area contributed by atoms with E-state index in [9.17, 15) is 13.2 Å². The van der Waals surface area contributed by atoms with Crippen molar-refractivity contribution in [2.24, 2.45) is 0 Å². The van der Waals surface area contributed by atoms with Crippen molar-refractivity contribution in [3.8, 4) is 0 Å². The third-order valence-corrected chi connectivity index (χ3v) is 2.00. The van der Waals surface area contributed by atoms with Crippen molar-refractivity contribution in [3.63, 3.8) is 0 Å². The maximum Gasteiger partial charge on any atom is 2.00 e. The summed E-state index contributed by atoms with van der Waals surface area (Å²) in [6, 6.07) is 5.30. The Morgan fingerprint density at radius 2 is 1.56 bits per heavy atom. The first-order valence-electron chi connectivity index (χ1n) is 4.49. The second-order valence-corrected chi connectivity index (χ2v) is 3.15. The molecule has 0 N–H and O–H groups in total. The van der Waals surface area contributed by atoms with Gasteiger partial charge in [0.15, 0.2) is 0 Å². The van der Waals surface area contributed by atoms with Crippen molar-refractivity contribution in [1.82, 2.24) is 0 Å². The van der Waals surface area contributed by atoms with Crippen LogP contribution < -0.4 is 0 Å². The van der Waals surface area contributed by atoms with Gasteiger partial charge in [-0.15, -0.1) is 0 Å². The van der Waals surface area contributed by atoms with E-state index in [1.54, 1.807) is 0 Å². The molecule has 1 aromatic carbocycles. The summed E-state index contributed by atoms with van der Waals surface area (Å²) in [4.78, 5) is 0. The average Bonchev–Trinajstić information content (AvgIpc) is 2.14. The third kappa shape index (κ3) is 5.96. The van der Waals surface area contributed by atoms with Crippen LogP contribution in [0, 0.1) is 45.5 Å². The Bertz CT molecular complexity index is 277. The number of alkyl halides is 3. The van der Waals surface area contributed by atoms with E-state index in [-0.39, 0.29) is 38.5 Å². The van der Waals surface area contributed by atoms with Crippen molar-refractivity contribution >= 4 is 0 Å². The van der Waals surface area contributed by atoms with Gasteiger partial charge in [-0.3, -0.25) is 0 Å². The van der Waals surface area contributed by atoms with Gasteiger partial charge < -0.3 is 14.4 Å². The molecule has 0 amide bonds. The van der Waals surface area contributed by atoms with E-state index in [0.717, 1.165) is 37.0 Å². The van der Waals surface area contributed by atoms with Gasteiger partial charge in [0, 0.05) is 0 Å². The Labute approximate surface area is 119 Å². The van der Waals surface area contributed by atoms with Crippen LogP contribution in [0.5, 0.6) is 0 Å². The predicted octanol–water partition coefficient (Wildman–Crippen LogP) is 4.31. The van der Waals surface area contributed by atoms with E-state index in [1.807, 2.05) is 0 Å². The summed E-state index contributed by atoms with van der Waals surface area (Å²) in [5, 5.41) is 0. The summed E-state index contributed by atoms with van der Waals surface area (Å²) >= 11 is 0. The first-order valence-corrected chi connectivity index (χ1v) is 4.49. The monoisotopic (exact) mass is 454 g/mol. The Morgan fingerprint density at radius 1 is 1.06 bits per heavy atom. The van der Waals surface area contributed by atoms with Gasteiger partial charge in [0.2, 0.25) is 0 Å². The second-order valence-electron chi connectivity index (χ2n) is 3.15. The molecule has 0 aliphatic heterocycles. The summed E-state index contributed by atoms with van der Waals surface area (Å²) in [6.07, 6.45) is -1.72. The number of aryl methyl sites for hydroxylation is 1. The normalized spacial score (nSPS) is 10.2. The molecule has 0 atom stereocenters. The van der Waals surface area contributed by atoms with E-state index >= 15 is 0 Å². The number of unbranched alkanes of at least 4 members (excludes halogenated alkanes) is 1. The zero-order chi connectivity index (χ0) is 10.6.